The van der Waals surface area contributed by atoms with E-state index in [-0.39, 0.29) is 11.4 Å². The van der Waals surface area contributed by atoms with Crippen LogP contribution in [0.2, 0.25) is 0 Å². The standard InChI is InChI=1S/C15H13FN2O4/c1-10(15(19)17-12-7-5-11(16)6-8-12)22-14-4-2-3-13(9-14)18(20)21/h2-10H,1H3,(H,17,19)/t10-/m0/s1. The van der Waals surface area contributed by atoms with E-state index >= 15 is 0 Å². The molecule has 0 spiro atoms. The van der Waals surface area contributed by atoms with E-state index in [1.165, 1.54) is 55.5 Å². The smallest absolute Gasteiger partial charge is 0.273 e. The zero-order valence-electron chi connectivity index (χ0n) is 11.7. The van der Waals surface area contributed by atoms with Gasteiger partial charge in [0, 0.05) is 11.8 Å². The second-order valence-corrected chi connectivity index (χ2v) is 4.51. The van der Waals surface area contributed by atoms with Crippen LogP contribution in [0.1, 0.15) is 6.92 Å². The van der Waals surface area contributed by atoms with Crippen molar-refractivity contribution in [3.8, 4) is 5.75 Å². The monoisotopic (exact) mass is 304 g/mol. The SMILES string of the molecule is C[C@H](Oc1cccc([N+](=O)[O-])c1)C(=O)Nc1ccc(F)cc1. The molecular formula is C15H13FN2O4. The predicted molar refractivity (Wildman–Crippen MR) is 78.2 cm³/mol. The molecule has 0 aliphatic heterocycles. The Morgan fingerprint density at radius 3 is 2.59 bits per heavy atom. The molecule has 0 heterocycles. The number of rotatable bonds is 5. The molecule has 1 N–H and O–H groups in total. The molecule has 0 radical (unpaired) electrons. The van der Waals surface area contributed by atoms with Gasteiger partial charge in [-0.1, -0.05) is 6.07 Å². The summed E-state index contributed by atoms with van der Waals surface area (Å²) >= 11 is 0. The topological polar surface area (TPSA) is 81.5 Å². The number of nitrogens with zero attached hydrogens (tertiary/aromatic N) is 1. The summed E-state index contributed by atoms with van der Waals surface area (Å²) in [7, 11) is 0. The van der Waals surface area contributed by atoms with Gasteiger partial charge in [-0.3, -0.25) is 14.9 Å². The average Bonchev–Trinajstić information content (AvgIpc) is 2.49. The van der Waals surface area contributed by atoms with Crippen molar-refractivity contribution < 1.29 is 18.8 Å². The highest BCUT2D eigenvalue weighted by Crippen LogP contribution is 2.20. The number of ether oxygens (including phenoxy) is 1. The van der Waals surface area contributed by atoms with E-state index in [1.807, 2.05) is 0 Å². The van der Waals surface area contributed by atoms with Crippen LogP contribution in [0.5, 0.6) is 5.75 Å². The fraction of sp³-hybridized carbons (Fsp3) is 0.133. The number of carbonyl (C=O) groups excluding carboxylic acids is 1. The molecule has 0 aliphatic carbocycles. The van der Waals surface area contributed by atoms with Crippen LogP contribution in [0.15, 0.2) is 48.5 Å². The summed E-state index contributed by atoms with van der Waals surface area (Å²) in [6, 6.07) is 10.9. The van der Waals surface area contributed by atoms with Crippen molar-refractivity contribution in [2.45, 2.75) is 13.0 Å². The van der Waals surface area contributed by atoms with Gasteiger partial charge in [-0.25, -0.2) is 4.39 Å². The third-order valence-corrected chi connectivity index (χ3v) is 2.82. The summed E-state index contributed by atoms with van der Waals surface area (Å²) in [5, 5.41) is 13.2. The van der Waals surface area contributed by atoms with E-state index in [9.17, 15) is 19.3 Å². The summed E-state index contributed by atoms with van der Waals surface area (Å²) < 4.78 is 18.2. The minimum Gasteiger partial charge on any atom is -0.481 e. The van der Waals surface area contributed by atoms with Gasteiger partial charge in [-0.15, -0.1) is 0 Å². The van der Waals surface area contributed by atoms with E-state index in [0.717, 1.165) is 0 Å². The lowest BCUT2D eigenvalue weighted by Crippen LogP contribution is -2.30. The molecule has 2 aromatic rings. The van der Waals surface area contributed by atoms with Gasteiger partial charge in [-0.2, -0.15) is 0 Å². The predicted octanol–water partition coefficient (Wildman–Crippen LogP) is 3.14. The Morgan fingerprint density at radius 1 is 1.27 bits per heavy atom. The van der Waals surface area contributed by atoms with Gasteiger partial charge in [0.15, 0.2) is 6.10 Å². The van der Waals surface area contributed by atoms with Crippen LogP contribution in [0.25, 0.3) is 0 Å². The molecule has 2 aromatic carbocycles. The summed E-state index contributed by atoms with van der Waals surface area (Å²) in [5.74, 6) is -0.632. The Kier molecular flexibility index (Phi) is 4.67. The number of hydrogen-bond acceptors (Lipinski definition) is 4. The summed E-state index contributed by atoms with van der Waals surface area (Å²) in [6.07, 6.45) is -0.868. The van der Waals surface area contributed by atoms with Crippen molar-refractivity contribution in [2.24, 2.45) is 0 Å². The van der Waals surface area contributed by atoms with E-state index in [0.29, 0.717) is 5.69 Å². The van der Waals surface area contributed by atoms with E-state index in [2.05, 4.69) is 5.32 Å². The van der Waals surface area contributed by atoms with Gasteiger partial charge < -0.3 is 10.1 Å². The van der Waals surface area contributed by atoms with Gasteiger partial charge in [0.2, 0.25) is 0 Å². The minimum absolute atomic E-state index is 0.122. The van der Waals surface area contributed by atoms with Gasteiger partial charge in [0.25, 0.3) is 11.6 Å². The normalized spacial score (nSPS) is 11.5. The Bertz CT molecular complexity index is 688. The molecular weight excluding hydrogens is 291 g/mol. The maximum Gasteiger partial charge on any atom is 0.273 e. The van der Waals surface area contributed by atoms with Crippen LogP contribution in [0, 0.1) is 15.9 Å². The molecule has 0 unspecified atom stereocenters. The molecule has 0 saturated heterocycles. The van der Waals surface area contributed by atoms with Crippen molar-refractivity contribution >= 4 is 17.3 Å². The number of anilines is 1. The maximum atomic E-state index is 12.8. The highest BCUT2D eigenvalue weighted by molar-refractivity contribution is 5.94. The van der Waals surface area contributed by atoms with Crippen LogP contribution >= 0.6 is 0 Å². The third-order valence-electron chi connectivity index (χ3n) is 2.82. The van der Waals surface area contributed by atoms with Gasteiger partial charge in [0.05, 0.1) is 11.0 Å². The van der Waals surface area contributed by atoms with Crippen molar-refractivity contribution in [1.82, 2.24) is 0 Å². The van der Waals surface area contributed by atoms with Crippen molar-refractivity contribution in [3.05, 3.63) is 64.5 Å². The molecule has 0 fully saturated rings. The number of nitro benzene ring substituents is 1. The summed E-state index contributed by atoms with van der Waals surface area (Å²) in [4.78, 5) is 22.1. The molecule has 0 bridgehead atoms. The maximum absolute atomic E-state index is 12.8. The minimum atomic E-state index is -0.868. The van der Waals surface area contributed by atoms with E-state index in [4.69, 9.17) is 4.74 Å². The van der Waals surface area contributed by atoms with Gasteiger partial charge in [-0.05, 0) is 37.3 Å². The number of nitrogens with one attached hydrogen (secondary N) is 1. The number of halogens is 1. The van der Waals surface area contributed by atoms with Crippen molar-refractivity contribution in [2.75, 3.05) is 5.32 Å². The highest BCUT2D eigenvalue weighted by Gasteiger charge is 2.16. The molecule has 1 amide bonds. The van der Waals surface area contributed by atoms with Gasteiger partial charge >= 0.3 is 0 Å². The molecule has 0 aromatic heterocycles. The fourth-order valence-electron chi connectivity index (χ4n) is 1.71. The average molecular weight is 304 g/mol. The number of nitro groups is 1. The third kappa shape index (κ3) is 4.02. The zero-order chi connectivity index (χ0) is 16.1. The Labute approximate surface area is 125 Å². The first-order valence-corrected chi connectivity index (χ1v) is 6.43. The lowest BCUT2D eigenvalue weighted by atomic mass is 10.2. The Balaban J connectivity index is 2.00. The first kappa shape index (κ1) is 15.4. The van der Waals surface area contributed by atoms with Crippen molar-refractivity contribution in [1.29, 1.82) is 0 Å². The molecule has 2 rings (SSSR count). The molecule has 7 heteroatoms. The summed E-state index contributed by atoms with van der Waals surface area (Å²) in [6.45, 7) is 1.51. The number of benzene rings is 2. The van der Waals surface area contributed by atoms with Crippen LogP contribution in [0.3, 0.4) is 0 Å². The second-order valence-electron chi connectivity index (χ2n) is 4.51. The van der Waals surface area contributed by atoms with Crippen molar-refractivity contribution in [3.63, 3.8) is 0 Å². The molecule has 22 heavy (non-hydrogen) atoms. The molecule has 1 atom stereocenters. The Morgan fingerprint density at radius 2 is 1.95 bits per heavy atom. The lowest BCUT2D eigenvalue weighted by molar-refractivity contribution is -0.384. The highest BCUT2D eigenvalue weighted by atomic mass is 19.1. The Hall–Kier alpha value is -2.96. The van der Waals surface area contributed by atoms with Gasteiger partial charge in [0.1, 0.15) is 11.6 Å². The van der Waals surface area contributed by atoms with Crippen LogP contribution in [0.4, 0.5) is 15.8 Å². The number of carbonyl (C=O) groups is 1. The largest absolute Gasteiger partial charge is 0.481 e. The molecule has 114 valence electrons. The van der Waals surface area contributed by atoms with Crippen LogP contribution in [-0.2, 0) is 4.79 Å². The second kappa shape index (κ2) is 6.66. The molecule has 0 saturated carbocycles. The number of amides is 1. The first-order chi connectivity index (χ1) is 10.5. The quantitative estimate of drug-likeness (QED) is 0.679. The van der Waals surface area contributed by atoms with E-state index in [1.54, 1.807) is 0 Å². The summed E-state index contributed by atoms with van der Waals surface area (Å²) in [5.41, 5.74) is 0.310. The molecule has 0 aliphatic rings. The first-order valence-electron chi connectivity index (χ1n) is 6.43. The zero-order valence-corrected chi connectivity index (χ0v) is 11.7. The van der Waals surface area contributed by atoms with Crippen LogP contribution in [-0.4, -0.2) is 16.9 Å². The van der Waals surface area contributed by atoms with E-state index < -0.39 is 22.8 Å². The lowest BCUT2D eigenvalue weighted by Gasteiger charge is -2.14. The number of hydrogen-bond donors (Lipinski definition) is 1. The molecule has 6 nitrogen and oxygen atoms in total. The number of non-ortho nitro benzene ring substituents is 1. The van der Waals surface area contributed by atoms with Crippen LogP contribution < -0.4 is 10.1 Å². The fourth-order valence-corrected chi connectivity index (χ4v) is 1.71.